The summed E-state index contributed by atoms with van der Waals surface area (Å²) in [4.78, 5) is 32.4. The van der Waals surface area contributed by atoms with Gasteiger partial charge in [0.2, 0.25) is 11.8 Å². The Kier molecular flexibility index (Phi) is 7.75. The first kappa shape index (κ1) is 28.7. The molecule has 1 N–H and O–H groups in total. The lowest BCUT2D eigenvalue weighted by molar-refractivity contribution is -0.138. The molecule has 2 fully saturated rings. The zero-order chi connectivity index (χ0) is 30.9. The van der Waals surface area contributed by atoms with E-state index in [2.05, 4.69) is 17.0 Å². The van der Waals surface area contributed by atoms with Gasteiger partial charge in [0.1, 0.15) is 18.9 Å². The Bertz CT molecular complexity index is 1870. The smallest absolute Gasteiger partial charge is 0.333 e. The molecule has 5 aromatic rings. The summed E-state index contributed by atoms with van der Waals surface area (Å²) < 4.78 is 15.6. The van der Waals surface area contributed by atoms with Gasteiger partial charge in [-0.2, -0.15) is 4.98 Å². The van der Waals surface area contributed by atoms with E-state index in [0.717, 1.165) is 53.5 Å². The fourth-order valence-electron chi connectivity index (χ4n) is 7.07. The number of carboxylic acid groups (broad SMARTS) is 1. The fourth-order valence-corrected chi connectivity index (χ4v) is 7.07. The number of aliphatic carboxylic acids is 1. The highest BCUT2D eigenvalue weighted by atomic mass is 16.5. The summed E-state index contributed by atoms with van der Waals surface area (Å²) in [5.41, 5.74) is 4.98. The van der Waals surface area contributed by atoms with Crippen molar-refractivity contribution in [2.45, 2.75) is 57.4 Å². The zero-order valence-electron chi connectivity index (χ0n) is 25.2. The van der Waals surface area contributed by atoms with Gasteiger partial charge < -0.3 is 19.5 Å². The van der Waals surface area contributed by atoms with Crippen molar-refractivity contribution in [1.82, 2.24) is 14.1 Å². The van der Waals surface area contributed by atoms with Crippen LogP contribution < -0.4 is 20.1 Å². The van der Waals surface area contributed by atoms with Crippen LogP contribution in [0.3, 0.4) is 0 Å². The Hall–Kier alpha value is -5.05. The van der Waals surface area contributed by atoms with Crippen LogP contribution in [0.1, 0.15) is 43.2 Å². The lowest BCUT2D eigenvalue weighted by Crippen LogP contribution is -2.43. The van der Waals surface area contributed by atoms with Crippen molar-refractivity contribution < 1.29 is 19.4 Å². The number of hydrogen-bond acceptors (Lipinski definition) is 6. The Morgan fingerprint density at radius 2 is 1.49 bits per heavy atom. The third-order valence-electron chi connectivity index (χ3n) is 9.14. The molecular formula is C36H36N4O5. The van der Waals surface area contributed by atoms with Crippen LogP contribution in [-0.4, -0.2) is 37.3 Å². The van der Waals surface area contributed by atoms with Gasteiger partial charge in [-0.1, -0.05) is 60.7 Å². The van der Waals surface area contributed by atoms with E-state index in [1.165, 1.54) is 0 Å². The number of pyridine rings is 1. The number of hydrogen-bond donors (Lipinski definition) is 1. The molecule has 9 nitrogen and oxygen atoms in total. The van der Waals surface area contributed by atoms with Gasteiger partial charge in [0.05, 0.1) is 11.0 Å². The number of rotatable bonds is 10. The normalized spacial score (nSPS) is 19.1. The van der Waals surface area contributed by atoms with E-state index in [1.54, 1.807) is 22.2 Å². The molecule has 2 bridgehead atoms. The Balaban J connectivity index is 1.22. The van der Waals surface area contributed by atoms with Gasteiger partial charge in [0, 0.05) is 37.3 Å². The molecule has 2 aliphatic rings. The molecular weight excluding hydrogens is 568 g/mol. The number of imidazole rings is 1. The lowest BCUT2D eigenvalue weighted by Gasteiger charge is -2.40. The number of aryl methyl sites for hydroxylation is 1. The highest BCUT2D eigenvalue weighted by molar-refractivity contribution is 5.83. The summed E-state index contributed by atoms with van der Waals surface area (Å²) in [6.45, 7) is 0.644. The molecule has 1 unspecified atom stereocenters. The first-order valence-electron chi connectivity index (χ1n) is 15.5. The molecule has 230 valence electrons. The van der Waals surface area contributed by atoms with E-state index in [4.69, 9.17) is 14.5 Å². The number of carbonyl (C=O) groups is 1. The van der Waals surface area contributed by atoms with Crippen LogP contribution >= 0.6 is 0 Å². The molecule has 3 aromatic carbocycles. The summed E-state index contributed by atoms with van der Waals surface area (Å²) in [6.07, 6.45) is 4.12. The largest absolute Gasteiger partial charge is 0.481 e. The van der Waals surface area contributed by atoms with E-state index >= 15 is 0 Å². The van der Waals surface area contributed by atoms with Crippen molar-refractivity contribution in [2.75, 3.05) is 4.90 Å². The van der Waals surface area contributed by atoms with Gasteiger partial charge in [-0.25, -0.2) is 4.79 Å². The third kappa shape index (κ3) is 5.78. The predicted molar refractivity (Wildman–Crippen MR) is 172 cm³/mol. The van der Waals surface area contributed by atoms with Crippen LogP contribution in [0.15, 0.2) is 95.8 Å². The summed E-state index contributed by atoms with van der Waals surface area (Å²) in [6, 6.07) is 30.1. The van der Waals surface area contributed by atoms with E-state index in [0.29, 0.717) is 36.1 Å². The van der Waals surface area contributed by atoms with E-state index in [1.807, 2.05) is 72.8 Å². The number of aromatic nitrogens is 3. The predicted octanol–water partition coefficient (Wildman–Crippen LogP) is 6.10. The van der Waals surface area contributed by atoms with Gasteiger partial charge in [-0.3, -0.25) is 13.9 Å². The molecule has 7 rings (SSSR count). The summed E-state index contributed by atoms with van der Waals surface area (Å²) >= 11 is 0. The average Bonchev–Trinajstić information content (AvgIpc) is 3.47. The highest BCUT2D eigenvalue weighted by Crippen LogP contribution is 2.43. The molecule has 0 radical (unpaired) electrons. The van der Waals surface area contributed by atoms with Gasteiger partial charge in [-0.05, 0) is 67.0 Å². The summed E-state index contributed by atoms with van der Waals surface area (Å²) in [5.74, 6) is 0.208. The van der Waals surface area contributed by atoms with E-state index in [-0.39, 0.29) is 24.6 Å². The first-order chi connectivity index (χ1) is 21.9. The van der Waals surface area contributed by atoms with Crippen LogP contribution in [0.25, 0.3) is 16.7 Å². The van der Waals surface area contributed by atoms with Gasteiger partial charge in [0.15, 0.2) is 0 Å². The summed E-state index contributed by atoms with van der Waals surface area (Å²) in [7, 11) is 1.79. The Morgan fingerprint density at radius 1 is 0.844 bits per heavy atom. The van der Waals surface area contributed by atoms with Gasteiger partial charge >= 0.3 is 11.7 Å². The number of anilines is 1. The molecule has 2 aromatic heterocycles. The van der Waals surface area contributed by atoms with Gasteiger partial charge in [-0.15, -0.1) is 0 Å². The number of fused-ring (bicyclic) bond motifs is 3. The standard InChI is InChI=1S/C36H36N4O5/c1-38-32-21-29(39-27-12-13-28(39)19-26(18-27)20-34(41)42)14-15-30(32)40(36(38)43)31-16-17-33(44-22-24-8-4-2-5-9-24)37-35(31)45-23-25-10-6-3-7-11-25/h2-11,14-17,21,26-28H,12-13,18-20,22-23H2,1H3,(H,41,42)/t26?,27-,28+. The molecule has 3 atom stereocenters. The Morgan fingerprint density at radius 3 is 2.13 bits per heavy atom. The van der Waals surface area contributed by atoms with E-state index in [9.17, 15) is 14.7 Å². The number of carboxylic acids is 1. The summed E-state index contributed by atoms with van der Waals surface area (Å²) in [5, 5.41) is 9.34. The SMILES string of the molecule is Cn1c(=O)n(-c2ccc(OCc3ccccc3)nc2OCc2ccccc2)c2ccc(N3[C@@H]4CC[C@H]3CC(CC(=O)O)C4)cc21. The molecule has 2 aliphatic heterocycles. The van der Waals surface area contributed by atoms with Crippen molar-refractivity contribution in [1.29, 1.82) is 0 Å². The fraction of sp³-hybridized carbons (Fsp3) is 0.306. The van der Waals surface area contributed by atoms with Crippen molar-refractivity contribution >= 4 is 22.7 Å². The second kappa shape index (κ2) is 12.1. The average molecular weight is 605 g/mol. The monoisotopic (exact) mass is 604 g/mol. The van der Waals surface area contributed by atoms with E-state index < -0.39 is 5.97 Å². The number of piperidine rings is 1. The van der Waals surface area contributed by atoms with Crippen molar-refractivity contribution in [2.24, 2.45) is 13.0 Å². The molecule has 0 aliphatic carbocycles. The first-order valence-corrected chi connectivity index (χ1v) is 15.5. The molecule has 0 spiro atoms. The minimum absolute atomic E-state index is 0.199. The third-order valence-corrected chi connectivity index (χ3v) is 9.14. The van der Waals surface area contributed by atoms with Crippen molar-refractivity contribution in [3.05, 3.63) is 113 Å². The molecule has 45 heavy (non-hydrogen) atoms. The quantitative estimate of drug-likeness (QED) is 0.206. The zero-order valence-corrected chi connectivity index (χ0v) is 25.2. The highest BCUT2D eigenvalue weighted by Gasteiger charge is 2.41. The van der Waals surface area contributed by atoms with Crippen LogP contribution in [0, 0.1) is 5.92 Å². The van der Waals surface area contributed by atoms with Crippen LogP contribution in [0.5, 0.6) is 11.8 Å². The molecule has 0 amide bonds. The molecule has 0 saturated carbocycles. The number of nitrogens with zero attached hydrogens (tertiary/aromatic N) is 4. The maximum absolute atomic E-state index is 13.8. The molecule has 2 saturated heterocycles. The van der Waals surface area contributed by atoms with Crippen LogP contribution in [-0.2, 0) is 25.1 Å². The topological polar surface area (TPSA) is 98.8 Å². The molecule has 9 heteroatoms. The second-order valence-electron chi connectivity index (χ2n) is 12.1. The van der Waals surface area contributed by atoms with Crippen molar-refractivity contribution in [3.8, 4) is 17.4 Å². The second-order valence-corrected chi connectivity index (χ2v) is 12.1. The van der Waals surface area contributed by atoms with Crippen LogP contribution in [0.2, 0.25) is 0 Å². The van der Waals surface area contributed by atoms with Crippen molar-refractivity contribution in [3.63, 3.8) is 0 Å². The number of ether oxygens (including phenoxy) is 2. The Labute approximate surface area is 261 Å². The minimum Gasteiger partial charge on any atom is -0.481 e. The maximum atomic E-state index is 13.8. The number of benzene rings is 3. The molecule has 4 heterocycles. The lowest BCUT2D eigenvalue weighted by atomic mass is 9.88. The van der Waals surface area contributed by atoms with Crippen LogP contribution in [0.4, 0.5) is 5.69 Å². The minimum atomic E-state index is -0.719. The maximum Gasteiger partial charge on any atom is 0.333 e. The van der Waals surface area contributed by atoms with Gasteiger partial charge in [0.25, 0.3) is 0 Å².